The van der Waals surface area contributed by atoms with Crippen molar-refractivity contribution in [1.82, 2.24) is 4.90 Å². The first-order valence-electron chi connectivity index (χ1n) is 9.24. The van der Waals surface area contributed by atoms with E-state index < -0.39 is 0 Å². The molecular formula is C21H20N2O4S2. The number of amides is 1. The summed E-state index contributed by atoms with van der Waals surface area (Å²) in [7, 11) is 1.63. The third kappa shape index (κ3) is 3.47. The van der Waals surface area contributed by atoms with E-state index in [-0.39, 0.29) is 23.3 Å². The van der Waals surface area contributed by atoms with Crippen LogP contribution in [0.4, 0.5) is 5.69 Å². The highest BCUT2D eigenvalue weighted by Gasteiger charge is 2.50. The van der Waals surface area contributed by atoms with Crippen molar-refractivity contribution in [2.45, 2.75) is 18.3 Å². The van der Waals surface area contributed by atoms with Crippen LogP contribution < -0.4 is 9.64 Å². The maximum absolute atomic E-state index is 13.1. The number of esters is 1. The van der Waals surface area contributed by atoms with Crippen molar-refractivity contribution in [2.24, 2.45) is 0 Å². The summed E-state index contributed by atoms with van der Waals surface area (Å²) in [6.45, 7) is 2.08. The Labute approximate surface area is 178 Å². The van der Waals surface area contributed by atoms with Crippen LogP contribution in [0.3, 0.4) is 0 Å². The number of hydrogen-bond donors (Lipinski definition) is 0. The summed E-state index contributed by atoms with van der Waals surface area (Å²) in [6, 6.07) is 14.3. The van der Waals surface area contributed by atoms with E-state index in [1.54, 1.807) is 55.0 Å². The fourth-order valence-corrected chi connectivity index (χ4v) is 5.43. The molecule has 0 spiro atoms. The van der Waals surface area contributed by atoms with Crippen LogP contribution in [-0.4, -0.2) is 47.4 Å². The Morgan fingerprint density at radius 3 is 2.48 bits per heavy atom. The quantitative estimate of drug-likeness (QED) is 0.532. The molecular weight excluding hydrogens is 408 g/mol. The molecule has 2 aliphatic rings. The molecule has 1 amide bonds. The first kappa shape index (κ1) is 19.7. The van der Waals surface area contributed by atoms with E-state index >= 15 is 0 Å². The summed E-state index contributed by atoms with van der Waals surface area (Å²) in [4.78, 5) is 28.5. The minimum atomic E-state index is -0.383. The largest absolute Gasteiger partial charge is 0.497 e. The Bertz CT molecular complexity index is 946. The van der Waals surface area contributed by atoms with Gasteiger partial charge in [-0.2, -0.15) is 0 Å². The SMILES string of the molecule is CCOC(=O)c1ccc(N2C(=O)[C@H]3CS[C@@H](c4ccc(OC)cc4)N3C2=S)cc1. The summed E-state index contributed by atoms with van der Waals surface area (Å²) in [5, 5.41) is 0.459. The molecule has 0 radical (unpaired) electrons. The number of fused-ring (bicyclic) bond motifs is 1. The van der Waals surface area contributed by atoms with Gasteiger partial charge in [0.2, 0.25) is 0 Å². The molecule has 2 saturated heterocycles. The second kappa shape index (κ2) is 8.04. The number of nitrogens with zero attached hydrogens (tertiary/aromatic N) is 2. The third-order valence-corrected chi connectivity index (χ3v) is 6.67. The second-order valence-corrected chi connectivity index (χ2v) is 8.08. The van der Waals surface area contributed by atoms with Gasteiger partial charge < -0.3 is 14.4 Å². The molecule has 29 heavy (non-hydrogen) atoms. The fourth-order valence-electron chi connectivity index (χ4n) is 3.51. The van der Waals surface area contributed by atoms with Gasteiger partial charge in [-0.3, -0.25) is 9.69 Å². The lowest BCUT2D eigenvalue weighted by molar-refractivity contribution is -0.119. The number of thioether (sulfide) groups is 1. The van der Waals surface area contributed by atoms with Crippen LogP contribution in [0.15, 0.2) is 48.5 Å². The molecule has 0 bridgehead atoms. The average Bonchev–Trinajstić information content (AvgIpc) is 3.29. The molecule has 8 heteroatoms. The molecule has 0 aliphatic carbocycles. The molecule has 150 valence electrons. The Morgan fingerprint density at radius 1 is 1.17 bits per heavy atom. The van der Waals surface area contributed by atoms with Crippen molar-refractivity contribution in [3.05, 3.63) is 59.7 Å². The molecule has 2 aliphatic heterocycles. The number of benzene rings is 2. The van der Waals surface area contributed by atoms with Crippen LogP contribution in [0, 0.1) is 0 Å². The van der Waals surface area contributed by atoms with Crippen molar-refractivity contribution in [3.63, 3.8) is 0 Å². The molecule has 0 unspecified atom stereocenters. The maximum atomic E-state index is 13.1. The second-order valence-electron chi connectivity index (χ2n) is 6.61. The third-order valence-electron chi connectivity index (χ3n) is 4.96. The van der Waals surface area contributed by atoms with Gasteiger partial charge in [-0.05, 0) is 61.1 Å². The monoisotopic (exact) mass is 428 g/mol. The zero-order valence-electron chi connectivity index (χ0n) is 16.0. The average molecular weight is 429 g/mol. The zero-order valence-corrected chi connectivity index (χ0v) is 17.7. The van der Waals surface area contributed by atoms with Gasteiger partial charge >= 0.3 is 5.97 Å². The number of anilines is 1. The normalized spacial score (nSPS) is 20.8. The Kier molecular flexibility index (Phi) is 5.47. The van der Waals surface area contributed by atoms with Crippen molar-refractivity contribution in [3.8, 4) is 5.75 Å². The lowest BCUT2D eigenvalue weighted by Crippen LogP contribution is -2.33. The van der Waals surface area contributed by atoms with E-state index in [2.05, 4.69) is 0 Å². The van der Waals surface area contributed by atoms with Gasteiger partial charge in [0.05, 0.1) is 25.0 Å². The van der Waals surface area contributed by atoms with E-state index in [4.69, 9.17) is 21.7 Å². The summed E-state index contributed by atoms with van der Waals surface area (Å²) in [5.74, 6) is 1.04. The van der Waals surface area contributed by atoms with Crippen LogP contribution in [0.2, 0.25) is 0 Å². The minimum absolute atomic E-state index is 0.0221. The molecule has 6 nitrogen and oxygen atoms in total. The van der Waals surface area contributed by atoms with E-state index in [0.717, 1.165) is 11.3 Å². The van der Waals surface area contributed by atoms with Gasteiger partial charge in [0, 0.05) is 5.75 Å². The summed E-state index contributed by atoms with van der Waals surface area (Å²) in [6.07, 6.45) is 0. The number of carbonyl (C=O) groups excluding carboxylic acids is 2. The Hall–Kier alpha value is -2.58. The lowest BCUT2D eigenvalue weighted by atomic mass is 10.2. The number of methoxy groups -OCH3 is 1. The van der Waals surface area contributed by atoms with E-state index in [0.29, 0.717) is 28.7 Å². The highest BCUT2D eigenvalue weighted by atomic mass is 32.2. The van der Waals surface area contributed by atoms with E-state index in [1.165, 1.54) is 0 Å². The van der Waals surface area contributed by atoms with Gasteiger partial charge in [0.1, 0.15) is 17.2 Å². The van der Waals surface area contributed by atoms with Crippen LogP contribution in [0.1, 0.15) is 28.2 Å². The smallest absolute Gasteiger partial charge is 0.338 e. The van der Waals surface area contributed by atoms with Gasteiger partial charge in [-0.1, -0.05) is 12.1 Å². The number of hydrogen-bond acceptors (Lipinski definition) is 6. The molecule has 2 atom stereocenters. The summed E-state index contributed by atoms with van der Waals surface area (Å²) >= 11 is 7.40. The molecule has 2 aromatic rings. The van der Waals surface area contributed by atoms with Crippen molar-refractivity contribution >= 4 is 46.7 Å². The fraction of sp³-hybridized carbons (Fsp3) is 0.286. The molecule has 2 fully saturated rings. The van der Waals surface area contributed by atoms with Gasteiger partial charge in [-0.25, -0.2) is 4.79 Å². The van der Waals surface area contributed by atoms with Crippen LogP contribution in [-0.2, 0) is 9.53 Å². The van der Waals surface area contributed by atoms with Gasteiger partial charge in [-0.15, -0.1) is 11.8 Å². The molecule has 4 rings (SSSR count). The Balaban J connectivity index is 1.58. The molecule has 0 saturated carbocycles. The van der Waals surface area contributed by atoms with Crippen molar-refractivity contribution in [1.29, 1.82) is 0 Å². The molecule has 2 heterocycles. The summed E-state index contributed by atoms with van der Waals surface area (Å²) in [5.41, 5.74) is 2.18. The standard InChI is InChI=1S/C21H20N2O4S2/c1-3-27-20(25)14-4-8-15(9-5-14)22-18(24)17-12-29-19(23(17)21(22)28)13-6-10-16(26-2)11-7-13/h4-11,17,19H,3,12H2,1-2H3/t17-,19+/m1/s1. The number of ether oxygens (including phenoxy) is 2. The van der Waals surface area contributed by atoms with Crippen molar-refractivity contribution in [2.75, 3.05) is 24.4 Å². The Morgan fingerprint density at radius 2 is 1.86 bits per heavy atom. The van der Waals surface area contributed by atoms with Crippen molar-refractivity contribution < 1.29 is 19.1 Å². The highest BCUT2D eigenvalue weighted by Crippen LogP contribution is 2.46. The van der Waals surface area contributed by atoms with E-state index in [1.807, 2.05) is 29.2 Å². The van der Waals surface area contributed by atoms with Crippen LogP contribution >= 0.6 is 24.0 Å². The number of rotatable bonds is 5. The van der Waals surface area contributed by atoms with Gasteiger partial charge in [0.15, 0.2) is 5.11 Å². The number of thiocarbonyl (C=S) groups is 1. The molecule has 0 aromatic heterocycles. The predicted molar refractivity (Wildman–Crippen MR) is 116 cm³/mol. The van der Waals surface area contributed by atoms with Crippen LogP contribution in [0.5, 0.6) is 5.75 Å². The molecule has 0 N–H and O–H groups in total. The van der Waals surface area contributed by atoms with Gasteiger partial charge in [0.25, 0.3) is 5.91 Å². The molecule has 2 aromatic carbocycles. The lowest BCUT2D eigenvalue weighted by Gasteiger charge is -2.25. The first-order chi connectivity index (χ1) is 14.0. The highest BCUT2D eigenvalue weighted by molar-refractivity contribution is 7.99. The maximum Gasteiger partial charge on any atom is 0.338 e. The first-order valence-corrected chi connectivity index (χ1v) is 10.7. The van der Waals surface area contributed by atoms with E-state index in [9.17, 15) is 9.59 Å². The summed E-state index contributed by atoms with van der Waals surface area (Å²) < 4.78 is 10.2. The number of carbonyl (C=O) groups is 2. The van der Waals surface area contributed by atoms with Crippen LogP contribution in [0.25, 0.3) is 0 Å². The topological polar surface area (TPSA) is 59.1 Å². The minimum Gasteiger partial charge on any atom is -0.497 e. The predicted octanol–water partition coefficient (Wildman–Crippen LogP) is 3.62. The zero-order chi connectivity index (χ0) is 20.5.